The molecule has 1 amide bonds. The molecule has 0 aromatic heterocycles. The van der Waals surface area contributed by atoms with E-state index in [2.05, 4.69) is 15.9 Å². The molecule has 166 valence electrons. The van der Waals surface area contributed by atoms with Gasteiger partial charge in [-0.3, -0.25) is 9.59 Å². The molecule has 6 nitrogen and oxygen atoms in total. The number of ketones is 1. The summed E-state index contributed by atoms with van der Waals surface area (Å²) >= 11 is 3.48. The molecule has 3 heterocycles. The summed E-state index contributed by atoms with van der Waals surface area (Å²) in [5.41, 5.74) is 2.36. The third kappa shape index (κ3) is 3.73. The average molecular weight is 498 g/mol. The SMILES string of the molecule is CC1Cc2cc(C(O)=C3C(=O)C(=O)N(CC4CCCO4)C3c3cccc(Br)c3)ccc2O1. The molecule has 2 aromatic carbocycles. The van der Waals surface area contributed by atoms with Gasteiger partial charge in [-0.15, -0.1) is 0 Å². The number of hydrogen-bond acceptors (Lipinski definition) is 5. The van der Waals surface area contributed by atoms with Gasteiger partial charge >= 0.3 is 0 Å². The summed E-state index contributed by atoms with van der Waals surface area (Å²) < 4.78 is 12.3. The van der Waals surface area contributed by atoms with E-state index >= 15 is 0 Å². The predicted molar refractivity (Wildman–Crippen MR) is 122 cm³/mol. The normalized spacial score (nSPS) is 26.4. The Morgan fingerprint density at radius 3 is 2.81 bits per heavy atom. The van der Waals surface area contributed by atoms with E-state index < -0.39 is 17.7 Å². The summed E-state index contributed by atoms with van der Waals surface area (Å²) in [6.07, 6.45) is 2.48. The monoisotopic (exact) mass is 497 g/mol. The molecule has 0 saturated carbocycles. The highest BCUT2D eigenvalue weighted by Crippen LogP contribution is 2.41. The number of halogens is 1. The van der Waals surface area contributed by atoms with E-state index in [1.807, 2.05) is 43.3 Å². The van der Waals surface area contributed by atoms with Gasteiger partial charge in [0.1, 0.15) is 17.6 Å². The van der Waals surface area contributed by atoms with Crippen molar-refractivity contribution in [2.45, 2.75) is 44.4 Å². The molecule has 3 aliphatic rings. The Morgan fingerprint density at radius 2 is 2.06 bits per heavy atom. The molecule has 3 aliphatic heterocycles. The Hall–Kier alpha value is -2.64. The minimum Gasteiger partial charge on any atom is -0.507 e. The van der Waals surface area contributed by atoms with E-state index in [0.717, 1.165) is 40.6 Å². The van der Waals surface area contributed by atoms with E-state index in [1.165, 1.54) is 0 Å². The van der Waals surface area contributed by atoms with E-state index in [-0.39, 0.29) is 23.5 Å². The lowest BCUT2D eigenvalue weighted by Crippen LogP contribution is -2.36. The van der Waals surface area contributed by atoms with Gasteiger partial charge in [0.2, 0.25) is 0 Å². The van der Waals surface area contributed by atoms with E-state index in [0.29, 0.717) is 18.7 Å². The number of amides is 1. The number of Topliss-reactive ketones (excluding diaryl/α,β-unsaturated/α-hetero) is 1. The van der Waals surface area contributed by atoms with Crippen LogP contribution in [0.2, 0.25) is 0 Å². The molecule has 0 bridgehead atoms. The highest BCUT2D eigenvalue weighted by molar-refractivity contribution is 9.10. The zero-order chi connectivity index (χ0) is 22.4. The van der Waals surface area contributed by atoms with Gasteiger partial charge in [0.15, 0.2) is 0 Å². The zero-order valence-electron chi connectivity index (χ0n) is 17.7. The van der Waals surface area contributed by atoms with E-state index in [9.17, 15) is 14.7 Å². The second-order valence-electron chi connectivity index (χ2n) is 8.60. The summed E-state index contributed by atoms with van der Waals surface area (Å²) in [5, 5.41) is 11.3. The Morgan fingerprint density at radius 1 is 1.22 bits per heavy atom. The Bertz CT molecular complexity index is 1120. The fourth-order valence-electron chi connectivity index (χ4n) is 4.82. The number of aliphatic hydroxyl groups excluding tert-OH is 1. The number of ether oxygens (including phenoxy) is 2. The van der Waals surface area contributed by atoms with Crippen LogP contribution >= 0.6 is 15.9 Å². The molecule has 3 atom stereocenters. The number of likely N-dealkylation sites (tertiary alicyclic amines) is 1. The summed E-state index contributed by atoms with van der Waals surface area (Å²) in [7, 11) is 0. The molecule has 0 spiro atoms. The van der Waals surface area contributed by atoms with Crippen LogP contribution in [0.3, 0.4) is 0 Å². The standard InChI is InChI=1S/C25H24BrNO5/c1-14-10-17-11-16(7-8-20(17)32-14)23(28)21-22(15-4-2-5-18(26)12-15)27(25(30)24(21)29)13-19-6-3-9-31-19/h2,4-5,7-8,11-12,14,19,22,28H,3,6,9-10,13H2,1H3. The first-order chi connectivity index (χ1) is 15.4. The molecule has 7 heteroatoms. The molecule has 32 heavy (non-hydrogen) atoms. The molecule has 2 aromatic rings. The van der Waals surface area contributed by atoms with Crippen LogP contribution in [0.1, 0.15) is 42.5 Å². The lowest BCUT2D eigenvalue weighted by molar-refractivity contribution is -0.140. The van der Waals surface area contributed by atoms with Crippen molar-refractivity contribution < 1.29 is 24.2 Å². The summed E-state index contributed by atoms with van der Waals surface area (Å²) in [5.74, 6) is -0.650. The number of carbonyl (C=O) groups excluding carboxylic acids is 2. The van der Waals surface area contributed by atoms with Gasteiger partial charge in [-0.05, 0) is 61.2 Å². The van der Waals surface area contributed by atoms with Gasteiger partial charge in [-0.2, -0.15) is 0 Å². The summed E-state index contributed by atoms with van der Waals surface area (Å²) in [6.45, 7) is 2.96. The first-order valence-corrected chi connectivity index (χ1v) is 11.7. The smallest absolute Gasteiger partial charge is 0.295 e. The minimum absolute atomic E-state index is 0.0704. The number of fused-ring (bicyclic) bond motifs is 1. The molecule has 5 rings (SSSR count). The number of benzene rings is 2. The summed E-state index contributed by atoms with van der Waals surface area (Å²) in [4.78, 5) is 27.8. The maximum absolute atomic E-state index is 13.2. The second kappa shape index (κ2) is 8.37. The third-order valence-corrected chi connectivity index (χ3v) is 6.79. The predicted octanol–water partition coefficient (Wildman–Crippen LogP) is 4.37. The van der Waals surface area contributed by atoms with Crippen molar-refractivity contribution in [2.75, 3.05) is 13.2 Å². The van der Waals surface area contributed by atoms with Gasteiger partial charge in [-0.1, -0.05) is 28.1 Å². The average Bonchev–Trinajstić information content (AvgIpc) is 3.47. The topological polar surface area (TPSA) is 76.1 Å². The number of nitrogens with zero attached hydrogens (tertiary/aromatic N) is 1. The molecule has 0 aliphatic carbocycles. The van der Waals surface area contributed by atoms with Crippen molar-refractivity contribution in [3.8, 4) is 5.75 Å². The van der Waals surface area contributed by atoms with Crippen LogP contribution in [-0.2, 0) is 20.7 Å². The highest BCUT2D eigenvalue weighted by Gasteiger charge is 2.47. The second-order valence-corrected chi connectivity index (χ2v) is 9.51. The quantitative estimate of drug-likeness (QED) is 0.385. The molecular weight excluding hydrogens is 474 g/mol. The maximum atomic E-state index is 13.2. The Kier molecular flexibility index (Phi) is 5.55. The van der Waals surface area contributed by atoms with Gasteiger partial charge in [0.25, 0.3) is 11.7 Å². The number of aliphatic hydroxyl groups is 1. The molecule has 2 saturated heterocycles. The number of carbonyl (C=O) groups is 2. The van der Waals surface area contributed by atoms with Gasteiger partial charge in [0.05, 0.1) is 17.7 Å². The van der Waals surface area contributed by atoms with Gasteiger partial charge < -0.3 is 19.5 Å². The molecular formula is C25H24BrNO5. The zero-order valence-corrected chi connectivity index (χ0v) is 19.3. The third-order valence-electron chi connectivity index (χ3n) is 6.30. The van der Waals surface area contributed by atoms with E-state index in [1.54, 1.807) is 11.0 Å². The van der Waals surface area contributed by atoms with Gasteiger partial charge in [0, 0.05) is 29.6 Å². The van der Waals surface area contributed by atoms with Crippen molar-refractivity contribution >= 4 is 33.4 Å². The lowest BCUT2D eigenvalue weighted by Gasteiger charge is -2.27. The highest BCUT2D eigenvalue weighted by atomic mass is 79.9. The lowest BCUT2D eigenvalue weighted by atomic mass is 9.94. The molecule has 1 N–H and O–H groups in total. The Balaban J connectivity index is 1.60. The van der Waals surface area contributed by atoms with Crippen LogP contribution in [0.15, 0.2) is 52.5 Å². The maximum Gasteiger partial charge on any atom is 0.295 e. The summed E-state index contributed by atoms with van der Waals surface area (Å²) in [6, 6.07) is 12.2. The van der Waals surface area contributed by atoms with Crippen LogP contribution in [0.25, 0.3) is 5.76 Å². The van der Waals surface area contributed by atoms with Crippen LogP contribution in [-0.4, -0.2) is 47.1 Å². The van der Waals surface area contributed by atoms with Crippen molar-refractivity contribution in [1.82, 2.24) is 4.90 Å². The fraction of sp³-hybridized carbons (Fsp3) is 0.360. The molecule has 0 radical (unpaired) electrons. The molecule has 2 fully saturated rings. The molecule has 3 unspecified atom stereocenters. The van der Waals surface area contributed by atoms with Gasteiger partial charge in [-0.25, -0.2) is 0 Å². The van der Waals surface area contributed by atoms with Crippen molar-refractivity contribution in [2.24, 2.45) is 0 Å². The Labute approximate surface area is 194 Å². The minimum atomic E-state index is -0.680. The van der Waals surface area contributed by atoms with E-state index in [4.69, 9.17) is 9.47 Å². The van der Waals surface area contributed by atoms with Crippen LogP contribution in [0.5, 0.6) is 5.75 Å². The fourth-order valence-corrected chi connectivity index (χ4v) is 5.24. The van der Waals surface area contributed by atoms with Crippen molar-refractivity contribution in [3.05, 3.63) is 69.2 Å². The first-order valence-electron chi connectivity index (χ1n) is 10.9. The van der Waals surface area contributed by atoms with Crippen molar-refractivity contribution in [3.63, 3.8) is 0 Å². The largest absolute Gasteiger partial charge is 0.507 e. The van der Waals surface area contributed by atoms with Crippen LogP contribution in [0.4, 0.5) is 0 Å². The van der Waals surface area contributed by atoms with Crippen molar-refractivity contribution in [1.29, 1.82) is 0 Å². The van der Waals surface area contributed by atoms with Crippen LogP contribution in [0, 0.1) is 0 Å². The number of hydrogen-bond donors (Lipinski definition) is 1. The first kappa shape index (κ1) is 21.2. The number of rotatable bonds is 4. The van der Waals surface area contributed by atoms with Crippen LogP contribution < -0.4 is 4.74 Å².